The molecule has 0 fully saturated rings. The predicted molar refractivity (Wildman–Crippen MR) is 74.7 cm³/mol. The van der Waals surface area contributed by atoms with Gasteiger partial charge < -0.3 is 10.1 Å². The third-order valence-electron chi connectivity index (χ3n) is 2.67. The number of sulfonamides is 1. The molecule has 1 unspecified atom stereocenters. The first-order valence-corrected chi connectivity index (χ1v) is 7.66. The van der Waals surface area contributed by atoms with Crippen molar-refractivity contribution in [2.45, 2.75) is 30.7 Å². The Hall–Kier alpha value is -1.18. The van der Waals surface area contributed by atoms with E-state index in [4.69, 9.17) is 4.74 Å². The van der Waals surface area contributed by atoms with Crippen LogP contribution in [0.2, 0.25) is 0 Å². The average Bonchev–Trinajstić information content (AvgIpc) is 2.39. The zero-order chi connectivity index (χ0) is 14.3. The fourth-order valence-corrected chi connectivity index (χ4v) is 3.22. The van der Waals surface area contributed by atoms with E-state index in [2.05, 4.69) is 15.0 Å². The van der Waals surface area contributed by atoms with Gasteiger partial charge in [-0.05, 0) is 12.5 Å². The molecule has 0 saturated heterocycles. The first-order chi connectivity index (χ1) is 9.05. The van der Waals surface area contributed by atoms with Crippen molar-refractivity contribution in [3.8, 4) is 0 Å². The molecule has 19 heavy (non-hydrogen) atoms. The SMILES string of the molecule is CCCC(COC)NS(=O)(=O)c1cnccc1NC. The van der Waals surface area contributed by atoms with E-state index in [-0.39, 0.29) is 10.9 Å². The summed E-state index contributed by atoms with van der Waals surface area (Å²) in [6, 6.07) is 1.39. The summed E-state index contributed by atoms with van der Waals surface area (Å²) in [5.41, 5.74) is 0.523. The number of hydrogen-bond donors (Lipinski definition) is 2. The summed E-state index contributed by atoms with van der Waals surface area (Å²) in [5, 5.41) is 2.85. The Bertz CT molecular complexity index is 485. The van der Waals surface area contributed by atoms with E-state index in [9.17, 15) is 8.42 Å². The summed E-state index contributed by atoms with van der Waals surface area (Å²) in [4.78, 5) is 4.02. The molecule has 1 heterocycles. The molecule has 2 N–H and O–H groups in total. The van der Waals surface area contributed by atoms with Crippen molar-refractivity contribution in [1.29, 1.82) is 0 Å². The van der Waals surface area contributed by atoms with Gasteiger partial charge in [0, 0.05) is 32.6 Å². The number of ether oxygens (including phenoxy) is 1. The Morgan fingerprint density at radius 1 is 1.47 bits per heavy atom. The number of rotatable bonds is 8. The Morgan fingerprint density at radius 3 is 2.79 bits per heavy atom. The molecule has 0 aromatic carbocycles. The van der Waals surface area contributed by atoms with E-state index < -0.39 is 10.0 Å². The molecule has 1 rings (SSSR count). The molecule has 6 nitrogen and oxygen atoms in total. The van der Waals surface area contributed by atoms with E-state index in [1.54, 1.807) is 26.4 Å². The molecular weight excluding hydrogens is 266 g/mol. The highest BCUT2D eigenvalue weighted by atomic mass is 32.2. The molecule has 0 aliphatic carbocycles. The molecule has 1 atom stereocenters. The lowest BCUT2D eigenvalue weighted by Crippen LogP contribution is -2.38. The van der Waals surface area contributed by atoms with Gasteiger partial charge >= 0.3 is 0 Å². The molecule has 108 valence electrons. The summed E-state index contributed by atoms with van der Waals surface area (Å²) in [5.74, 6) is 0. The van der Waals surface area contributed by atoms with Crippen LogP contribution in [0.1, 0.15) is 19.8 Å². The fraction of sp³-hybridized carbons (Fsp3) is 0.583. The number of nitrogens with one attached hydrogen (secondary N) is 2. The normalized spacial score (nSPS) is 13.2. The van der Waals surface area contributed by atoms with E-state index in [1.165, 1.54) is 6.20 Å². The average molecular weight is 287 g/mol. The van der Waals surface area contributed by atoms with Crippen LogP contribution < -0.4 is 10.0 Å². The number of methoxy groups -OCH3 is 1. The highest BCUT2D eigenvalue weighted by molar-refractivity contribution is 7.89. The zero-order valence-electron chi connectivity index (χ0n) is 11.5. The number of nitrogens with zero attached hydrogens (tertiary/aromatic N) is 1. The molecule has 0 saturated carbocycles. The van der Waals surface area contributed by atoms with Crippen LogP contribution in [0.25, 0.3) is 0 Å². The van der Waals surface area contributed by atoms with Crippen LogP contribution >= 0.6 is 0 Å². The van der Waals surface area contributed by atoms with Gasteiger partial charge in [-0.15, -0.1) is 0 Å². The van der Waals surface area contributed by atoms with Crippen LogP contribution in [-0.4, -0.2) is 40.2 Å². The van der Waals surface area contributed by atoms with Crippen molar-refractivity contribution in [2.75, 3.05) is 26.1 Å². The summed E-state index contributed by atoms with van der Waals surface area (Å²) in [6.07, 6.45) is 4.48. The van der Waals surface area contributed by atoms with Crippen LogP contribution in [0.4, 0.5) is 5.69 Å². The van der Waals surface area contributed by atoms with E-state index in [0.717, 1.165) is 12.8 Å². The van der Waals surface area contributed by atoms with Gasteiger partial charge in [-0.3, -0.25) is 4.98 Å². The van der Waals surface area contributed by atoms with Crippen LogP contribution in [0.3, 0.4) is 0 Å². The van der Waals surface area contributed by atoms with Gasteiger partial charge in [-0.25, -0.2) is 13.1 Å². The van der Waals surface area contributed by atoms with Gasteiger partial charge in [-0.1, -0.05) is 13.3 Å². The Kier molecular flexibility index (Phi) is 6.20. The van der Waals surface area contributed by atoms with Crippen molar-refractivity contribution < 1.29 is 13.2 Å². The van der Waals surface area contributed by atoms with E-state index in [0.29, 0.717) is 12.3 Å². The maximum atomic E-state index is 12.3. The smallest absolute Gasteiger partial charge is 0.244 e. The molecule has 0 amide bonds. The lowest BCUT2D eigenvalue weighted by Gasteiger charge is -2.18. The van der Waals surface area contributed by atoms with Gasteiger partial charge in [-0.2, -0.15) is 0 Å². The zero-order valence-corrected chi connectivity index (χ0v) is 12.3. The Balaban J connectivity index is 2.96. The standard InChI is InChI=1S/C12H21N3O3S/c1-4-5-10(9-18-3)15-19(16,17)12-8-14-7-6-11(12)13-2/h6-8,10,15H,4-5,9H2,1-3H3,(H,13,14). The fourth-order valence-electron chi connectivity index (χ4n) is 1.81. The minimum absolute atomic E-state index is 0.148. The van der Waals surface area contributed by atoms with Crippen molar-refractivity contribution >= 4 is 15.7 Å². The van der Waals surface area contributed by atoms with Crippen LogP contribution in [0.15, 0.2) is 23.4 Å². The molecule has 7 heteroatoms. The van der Waals surface area contributed by atoms with Crippen LogP contribution in [0, 0.1) is 0 Å². The minimum Gasteiger partial charge on any atom is -0.387 e. The van der Waals surface area contributed by atoms with Crippen molar-refractivity contribution in [3.63, 3.8) is 0 Å². The second-order valence-corrected chi connectivity index (χ2v) is 5.87. The molecule has 0 aliphatic heterocycles. The van der Waals surface area contributed by atoms with Gasteiger partial charge in [0.15, 0.2) is 0 Å². The van der Waals surface area contributed by atoms with Crippen molar-refractivity contribution in [1.82, 2.24) is 9.71 Å². The van der Waals surface area contributed by atoms with Crippen LogP contribution in [0.5, 0.6) is 0 Å². The van der Waals surface area contributed by atoms with Gasteiger partial charge in [0.1, 0.15) is 4.90 Å². The predicted octanol–water partition coefficient (Wildman–Crippen LogP) is 1.22. The minimum atomic E-state index is -3.60. The van der Waals surface area contributed by atoms with Crippen LogP contribution in [-0.2, 0) is 14.8 Å². The summed E-state index contributed by atoms with van der Waals surface area (Å²) >= 11 is 0. The monoisotopic (exact) mass is 287 g/mol. The first kappa shape index (κ1) is 15.9. The lowest BCUT2D eigenvalue weighted by molar-refractivity contribution is 0.171. The van der Waals surface area contributed by atoms with Crippen molar-refractivity contribution in [2.24, 2.45) is 0 Å². The molecule has 0 spiro atoms. The largest absolute Gasteiger partial charge is 0.387 e. The number of aromatic nitrogens is 1. The van der Waals surface area contributed by atoms with E-state index in [1.807, 2.05) is 6.92 Å². The summed E-state index contributed by atoms with van der Waals surface area (Å²) in [7, 11) is -0.372. The highest BCUT2D eigenvalue weighted by Gasteiger charge is 2.22. The first-order valence-electron chi connectivity index (χ1n) is 6.18. The topological polar surface area (TPSA) is 80.3 Å². The van der Waals surface area contributed by atoms with E-state index >= 15 is 0 Å². The number of anilines is 1. The molecule has 1 aromatic heterocycles. The molecular formula is C12H21N3O3S. The number of hydrogen-bond acceptors (Lipinski definition) is 5. The van der Waals surface area contributed by atoms with Gasteiger partial charge in [0.25, 0.3) is 0 Å². The highest BCUT2D eigenvalue weighted by Crippen LogP contribution is 2.19. The van der Waals surface area contributed by atoms with Gasteiger partial charge in [0.2, 0.25) is 10.0 Å². The Morgan fingerprint density at radius 2 is 2.21 bits per heavy atom. The third-order valence-corrected chi connectivity index (χ3v) is 4.22. The Labute approximate surface area is 114 Å². The quantitative estimate of drug-likeness (QED) is 0.751. The maximum absolute atomic E-state index is 12.3. The molecule has 0 aliphatic rings. The maximum Gasteiger partial charge on any atom is 0.244 e. The lowest BCUT2D eigenvalue weighted by atomic mass is 10.2. The van der Waals surface area contributed by atoms with Gasteiger partial charge in [0.05, 0.1) is 12.3 Å². The number of pyridine rings is 1. The van der Waals surface area contributed by atoms with Crippen molar-refractivity contribution in [3.05, 3.63) is 18.5 Å². The second-order valence-electron chi connectivity index (χ2n) is 4.18. The third kappa shape index (κ3) is 4.45. The molecule has 1 aromatic rings. The summed E-state index contributed by atoms with van der Waals surface area (Å²) in [6.45, 7) is 2.35. The molecule has 0 radical (unpaired) electrons. The second kappa shape index (κ2) is 7.42. The molecule has 0 bridgehead atoms. The summed E-state index contributed by atoms with van der Waals surface area (Å²) < 4.78 is 32.3.